The number of nitrogens with zero attached hydrogens (tertiary/aromatic N) is 5. The van der Waals surface area contributed by atoms with Gasteiger partial charge in [-0.05, 0) is 24.3 Å². The number of hydrogen-bond donors (Lipinski definition) is 0. The second-order valence-electron chi connectivity index (χ2n) is 9.13. The summed E-state index contributed by atoms with van der Waals surface area (Å²) in [5.41, 5.74) is 2.41. The predicted octanol–water partition coefficient (Wildman–Crippen LogP) is 2.04. The maximum absolute atomic E-state index is 13.7. The standard InChI is InChI=1S/C25H31N5O7S/c31-30(32)22-2-4-23(27-5-11-35-12-6-27)20(17-22)19-26-21-1-3-24(28-7-13-36-14-8-28)25(18-21)38(33,34)29-9-15-37-16-10-29/h1-4,17-19H,5-16H2. The van der Waals surface area contributed by atoms with Crippen LogP contribution in [-0.2, 0) is 24.2 Å². The van der Waals surface area contributed by atoms with Crippen LogP contribution in [0.5, 0.6) is 0 Å². The SMILES string of the molecule is O=[N+]([O-])c1ccc(N2CCOCC2)c(C=Nc2ccc(N3CCOCC3)c(S(=O)(=O)N3CCOCC3)c2)c1. The van der Waals surface area contributed by atoms with Gasteiger partial charge < -0.3 is 24.0 Å². The van der Waals surface area contributed by atoms with Gasteiger partial charge >= 0.3 is 0 Å². The number of aliphatic imine (C=N–C) groups is 1. The van der Waals surface area contributed by atoms with Crippen LogP contribution in [0.1, 0.15) is 5.56 Å². The lowest BCUT2D eigenvalue weighted by atomic mass is 10.1. The van der Waals surface area contributed by atoms with Gasteiger partial charge in [0.15, 0.2) is 0 Å². The monoisotopic (exact) mass is 545 g/mol. The fraction of sp³-hybridized carbons (Fsp3) is 0.480. The van der Waals surface area contributed by atoms with Crippen molar-refractivity contribution in [3.63, 3.8) is 0 Å². The largest absolute Gasteiger partial charge is 0.379 e. The highest BCUT2D eigenvalue weighted by atomic mass is 32.2. The van der Waals surface area contributed by atoms with E-state index in [1.807, 2.05) is 4.90 Å². The second-order valence-corrected chi connectivity index (χ2v) is 11.0. The number of ether oxygens (including phenoxy) is 3. The number of hydrogen-bond acceptors (Lipinski definition) is 10. The van der Waals surface area contributed by atoms with E-state index in [1.54, 1.807) is 30.5 Å². The summed E-state index contributed by atoms with van der Waals surface area (Å²) in [4.78, 5) is 19.9. The summed E-state index contributed by atoms with van der Waals surface area (Å²) in [6.07, 6.45) is 1.56. The molecule has 0 unspecified atom stereocenters. The van der Waals surface area contributed by atoms with Crippen LogP contribution in [0.2, 0.25) is 0 Å². The molecule has 3 aliphatic heterocycles. The molecule has 0 N–H and O–H groups in total. The third-order valence-corrected chi connectivity index (χ3v) is 8.74. The number of benzene rings is 2. The molecular weight excluding hydrogens is 514 g/mol. The minimum absolute atomic E-state index is 0.0401. The molecule has 5 rings (SSSR count). The average molecular weight is 546 g/mol. The molecule has 0 aromatic heterocycles. The first kappa shape index (κ1) is 26.5. The summed E-state index contributed by atoms with van der Waals surface area (Å²) in [5.74, 6) is 0. The minimum atomic E-state index is -3.81. The number of sulfonamides is 1. The maximum atomic E-state index is 13.7. The van der Waals surface area contributed by atoms with Gasteiger partial charge in [0, 0.05) is 68.9 Å². The summed E-state index contributed by atoms with van der Waals surface area (Å²) in [5, 5.41) is 11.4. The number of non-ortho nitro benzene ring substituents is 1. The first-order chi connectivity index (χ1) is 18.4. The van der Waals surface area contributed by atoms with Gasteiger partial charge in [0.2, 0.25) is 10.0 Å². The van der Waals surface area contributed by atoms with E-state index in [0.717, 1.165) is 5.69 Å². The molecule has 38 heavy (non-hydrogen) atoms. The summed E-state index contributed by atoms with van der Waals surface area (Å²) in [7, 11) is -3.81. The Kier molecular flexibility index (Phi) is 8.19. The lowest BCUT2D eigenvalue weighted by molar-refractivity contribution is -0.384. The quantitative estimate of drug-likeness (QED) is 0.292. The van der Waals surface area contributed by atoms with Crippen LogP contribution in [0.4, 0.5) is 22.7 Å². The summed E-state index contributed by atoms with van der Waals surface area (Å²) < 4.78 is 45.2. The van der Waals surface area contributed by atoms with Crippen LogP contribution in [0.25, 0.3) is 0 Å². The molecular formula is C25H31N5O7S. The Morgan fingerprint density at radius 1 is 0.789 bits per heavy atom. The van der Waals surface area contributed by atoms with E-state index in [4.69, 9.17) is 14.2 Å². The van der Waals surface area contributed by atoms with Crippen molar-refractivity contribution < 1.29 is 27.6 Å². The molecule has 0 aliphatic carbocycles. The number of rotatable bonds is 7. The zero-order valence-corrected chi connectivity index (χ0v) is 21.8. The van der Waals surface area contributed by atoms with E-state index in [2.05, 4.69) is 9.89 Å². The van der Waals surface area contributed by atoms with Crippen molar-refractivity contribution in [1.82, 2.24) is 4.31 Å². The zero-order chi connectivity index (χ0) is 26.5. The third kappa shape index (κ3) is 5.81. The first-order valence-corrected chi connectivity index (χ1v) is 14.1. The van der Waals surface area contributed by atoms with Gasteiger partial charge in [-0.15, -0.1) is 0 Å². The van der Waals surface area contributed by atoms with Gasteiger partial charge in [0.1, 0.15) is 4.90 Å². The molecule has 0 atom stereocenters. The van der Waals surface area contributed by atoms with E-state index in [-0.39, 0.29) is 23.7 Å². The average Bonchev–Trinajstić information content (AvgIpc) is 2.97. The predicted molar refractivity (Wildman–Crippen MR) is 142 cm³/mol. The minimum Gasteiger partial charge on any atom is -0.379 e. The van der Waals surface area contributed by atoms with Gasteiger partial charge in [-0.2, -0.15) is 4.31 Å². The summed E-state index contributed by atoms with van der Waals surface area (Å²) in [6.45, 7) is 5.95. The molecule has 0 radical (unpaired) electrons. The second kappa shape index (κ2) is 11.7. The van der Waals surface area contributed by atoms with Crippen molar-refractivity contribution in [1.29, 1.82) is 0 Å². The van der Waals surface area contributed by atoms with Crippen LogP contribution < -0.4 is 9.80 Å². The smallest absolute Gasteiger partial charge is 0.270 e. The van der Waals surface area contributed by atoms with Crippen LogP contribution in [0.15, 0.2) is 46.3 Å². The van der Waals surface area contributed by atoms with Gasteiger partial charge in [-0.1, -0.05) is 0 Å². The molecule has 0 saturated carbocycles. The van der Waals surface area contributed by atoms with E-state index < -0.39 is 14.9 Å². The molecule has 204 valence electrons. The van der Waals surface area contributed by atoms with Gasteiger partial charge in [-0.3, -0.25) is 15.1 Å². The van der Waals surface area contributed by atoms with Crippen molar-refractivity contribution >= 4 is 39.0 Å². The van der Waals surface area contributed by atoms with Gasteiger partial charge in [0.05, 0.1) is 55.9 Å². The highest BCUT2D eigenvalue weighted by Crippen LogP contribution is 2.33. The normalized spacial score (nSPS) is 19.7. The van der Waals surface area contributed by atoms with Crippen molar-refractivity contribution in [2.24, 2.45) is 4.99 Å². The molecule has 3 fully saturated rings. The maximum Gasteiger partial charge on any atom is 0.270 e. The number of nitro groups is 1. The first-order valence-electron chi connectivity index (χ1n) is 12.6. The highest BCUT2D eigenvalue weighted by molar-refractivity contribution is 7.89. The van der Waals surface area contributed by atoms with E-state index in [0.29, 0.717) is 82.8 Å². The Labute approximate surface area is 221 Å². The Morgan fingerprint density at radius 3 is 1.95 bits per heavy atom. The van der Waals surface area contributed by atoms with Crippen molar-refractivity contribution in [2.45, 2.75) is 4.90 Å². The van der Waals surface area contributed by atoms with Crippen LogP contribution in [-0.4, -0.2) is 103 Å². The van der Waals surface area contributed by atoms with Gasteiger partial charge in [-0.25, -0.2) is 8.42 Å². The molecule has 3 saturated heterocycles. The molecule has 13 heteroatoms. The molecule has 2 aromatic carbocycles. The Hall–Kier alpha value is -3.10. The molecule has 2 aromatic rings. The molecule has 3 heterocycles. The van der Waals surface area contributed by atoms with Gasteiger partial charge in [0.25, 0.3) is 5.69 Å². The van der Waals surface area contributed by atoms with Crippen molar-refractivity contribution in [3.05, 3.63) is 52.1 Å². The molecule has 3 aliphatic rings. The highest BCUT2D eigenvalue weighted by Gasteiger charge is 2.31. The van der Waals surface area contributed by atoms with Crippen LogP contribution in [0.3, 0.4) is 0 Å². The van der Waals surface area contributed by atoms with E-state index >= 15 is 0 Å². The summed E-state index contributed by atoms with van der Waals surface area (Å²) in [6, 6.07) is 9.82. The van der Waals surface area contributed by atoms with Crippen LogP contribution >= 0.6 is 0 Å². The Bertz CT molecular complexity index is 1290. The third-order valence-electron chi connectivity index (χ3n) is 6.81. The molecule has 12 nitrogen and oxygen atoms in total. The fourth-order valence-electron chi connectivity index (χ4n) is 4.78. The fourth-order valence-corrected chi connectivity index (χ4v) is 6.42. The Balaban J connectivity index is 1.52. The number of nitro benzene ring substituents is 1. The van der Waals surface area contributed by atoms with E-state index in [9.17, 15) is 18.5 Å². The Morgan fingerprint density at radius 2 is 1.34 bits per heavy atom. The topological polar surface area (TPSA) is 127 Å². The van der Waals surface area contributed by atoms with Crippen molar-refractivity contribution in [2.75, 3.05) is 88.7 Å². The molecule has 0 amide bonds. The van der Waals surface area contributed by atoms with Crippen molar-refractivity contribution in [3.8, 4) is 0 Å². The number of anilines is 2. The number of morpholine rings is 3. The zero-order valence-electron chi connectivity index (χ0n) is 21.0. The lowest BCUT2D eigenvalue weighted by Crippen LogP contribution is -2.42. The summed E-state index contributed by atoms with van der Waals surface area (Å²) >= 11 is 0. The lowest BCUT2D eigenvalue weighted by Gasteiger charge is -2.32. The molecule has 0 spiro atoms. The van der Waals surface area contributed by atoms with Crippen LogP contribution in [0, 0.1) is 10.1 Å². The molecule has 0 bridgehead atoms. The van der Waals surface area contributed by atoms with E-state index in [1.165, 1.54) is 16.4 Å².